The van der Waals surface area contributed by atoms with Gasteiger partial charge in [-0.05, 0) is 63.2 Å². The first-order chi connectivity index (χ1) is 12.3. The molecule has 26 heavy (non-hydrogen) atoms. The highest BCUT2D eigenvalue weighted by Crippen LogP contribution is 2.60. The van der Waals surface area contributed by atoms with Crippen molar-refractivity contribution in [1.82, 2.24) is 4.90 Å². The molecule has 2 unspecified atom stereocenters. The van der Waals surface area contributed by atoms with Gasteiger partial charge in [-0.2, -0.15) is 0 Å². The normalized spacial score (nSPS) is 45.4. The lowest BCUT2D eigenvalue weighted by Gasteiger charge is -2.58. The molecule has 2 heterocycles. The Labute approximate surface area is 155 Å². The number of carbonyl (C=O) groups is 3. The SMILES string of the molecule is CC(=O)O[C@H]1CC[C@]2(C)C3CC[C@]4(C)C(=O)CCC4[C@@H]3CCN2C(=O)C1. The monoisotopic (exact) mass is 361 g/mol. The second-order valence-electron chi connectivity index (χ2n) is 9.46. The van der Waals surface area contributed by atoms with Gasteiger partial charge in [0.15, 0.2) is 0 Å². The molecule has 2 aliphatic heterocycles. The summed E-state index contributed by atoms with van der Waals surface area (Å²) in [5, 5.41) is 0. The average molecular weight is 361 g/mol. The molecule has 0 N–H and O–H groups in total. The number of ketones is 1. The van der Waals surface area contributed by atoms with Gasteiger partial charge in [-0.1, -0.05) is 6.92 Å². The molecule has 0 aromatic heterocycles. The van der Waals surface area contributed by atoms with Gasteiger partial charge in [-0.25, -0.2) is 0 Å². The Morgan fingerprint density at radius 1 is 1.08 bits per heavy atom. The van der Waals surface area contributed by atoms with Crippen molar-refractivity contribution in [2.45, 2.75) is 83.8 Å². The smallest absolute Gasteiger partial charge is 0.302 e. The van der Waals surface area contributed by atoms with Crippen molar-refractivity contribution in [2.75, 3.05) is 6.54 Å². The number of nitrogens with zero attached hydrogens (tertiary/aromatic N) is 1. The lowest BCUT2D eigenvalue weighted by atomic mass is 9.53. The second-order valence-corrected chi connectivity index (χ2v) is 9.46. The third-order valence-electron chi connectivity index (χ3n) is 8.26. The van der Waals surface area contributed by atoms with Crippen molar-refractivity contribution < 1.29 is 19.1 Å². The van der Waals surface area contributed by atoms with Crippen LogP contribution in [0.25, 0.3) is 0 Å². The molecule has 144 valence electrons. The lowest BCUT2D eigenvalue weighted by molar-refractivity contribution is -0.155. The molecule has 0 spiro atoms. The first kappa shape index (κ1) is 18.0. The van der Waals surface area contributed by atoms with Crippen LogP contribution >= 0.6 is 0 Å². The molecule has 4 aliphatic rings. The number of piperidine rings is 1. The average Bonchev–Trinajstić information content (AvgIpc) is 2.81. The summed E-state index contributed by atoms with van der Waals surface area (Å²) in [4.78, 5) is 38.9. The Kier molecular flexibility index (Phi) is 4.20. The van der Waals surface area contributed by atoms with Crippen molar-refractivity contribution >= 4 is 17.7 Å². The maximum atomic E-state index is 12.9. The predicted molar refractivity (Wildman–Crippen MR) is 96.2 cm³/mol. The minimum Gasteiger partial charge on any atom is -0.462 e. The summed E-state index contributed by atoms with van der Waals surface area (Å²) in [5.41, 5.74) is -0.295. The molecule has 2 saturated heterocycles. The highest BCUT2D eigenvalue weighted by Gasteiger charge is 2.60. The molecule has 5 heteroatoms. The molecule has 0 bridgehead atoms. The summed E-state index contributed by atoms with van der Waals surface area (Å²) in [6, 6.07) is 0. The van der Waals surface area contributed by atoms with Crippen LogP contribution in [-0.4, -0.2) is 40.7 Å². The Morgan fingerprint density at radius 2 is 1.85 bits per heavy atom. The van der Waals surface area contributed by atoms with Crippen molar-refractivity contribution in [1.29, 1.82) is 0 Å². The maximum Gasteiger partial charge on any atom is 0.302 e. The molecule has 0 radical (unpaired) electrons. The topological polar surface area (TPSA) is 63.7 Å². The van der Waals surface area contributed by atoms with Gasteiger partial charge in [0, 0.05) is 30.8 Å². The minimum absolute atomic E-state index is 0.130. The molecule has 5 nitrogen and oxygen atoms in total. The van der Waals surface area contributed by atoms with E-state index in [9.17, 15) is 14.4 Å². The summed E-state index contributed by atoms with van der Waals surface area (Å²) >= 11 is 0. The summed E-state index contributed by atoms with van der Waals surface area (Å²) in [7, 11) is 0. The van der Waals surface area contributed by atoms with Crippen LogP contribution in [0.15, 0.2) is 0 Å². The van der Waals surface area contributed by atoms with Crippen LogP contribution in [0.5, 0.6) is 0 Å². The van der Waals surface area contributed by atoms with E-state index in [0.717, 1.165) is 51.5 Å². The van der Waals surface area contributed by atoms with E-state index in [1.54, 1.807) is 0 Å². The molecular weight excluding hydrogens is 330 g/mol. The third-order valence-corrected chi connectivity index (χ3v) is 8.26. The van der Waals surface area contributed by atoms with Crippen molar-refractivity contribution in [2.24, 2.45) is 23.2 Å². The number of ether oxygens (including phenoxy) is 1. The fourth-order valence-electron chi connectivity index (χ4n) is 6.89. The van der Waals surface area contributed by atoms with Crippen LogP contribution in [0.2, 0.25) is 0 Å². The number of esters is 1. The van der Waals surface area contributed by atoms with Gasteiger partial charge in [0.1, 0.15) is 11.9 Å². The number of fused-ring (bicyclic) bond motifs is 5. The fourth-order valence-corrected chi connectivity index (χ4v) is 6.89. The maximum absolute atomic E-state index is 12.9. The standard InChI is InChI=1S/C21H31NO4/c1-13(23)26-14-6-10-21(3)17-7-9-20(2)16(4-5-18(20)24)15(17)8-11-22(21)19(25)12-14/h14-17H,4-12H2,1-3H3/t14-,15-,16?,17?,20-,21+/m0/s1. The number of carbonyl (C=O) groups excluding carboxylic acids is 3. The molecule has 2 aliphatic carbocycles. The van der Waals surface area contributed by atoms with Crippen LogP contribution in [0.4, 0.5) is 0 Å². The number of Topliss-reactive ketones (excluding diaryl/α,β-unsaturated/α-hetero) is 1. The Bertz CT molecular complexity index is 646. The summed E-state index contributed by atoms with van der Waals surface area (Å²) < 4.78 is 5.40. The number of rotatable bonds is 1. The molecule has 0 aromatic carbocycles. The van der Waals surface area contributed by atoms with Crippen molar-refractivity contribution in [3.63, 3.8) is 0 Å². The zero-order valence-electron chi connectivity index (χ0n) is 16.3. The fraction of sp³-hybridized carbons (Fsp3) is 0.857. The summed E-state index contributed by atoms with van der Waals surface area (Å²) in [6.45, 7) is 6.63. The van der Waals surface area contributed by atoms with E-state index < -0.39 is 0 Å². The van der Waals surface area contributed by atoms with Gasteiger partial charge in [0.25, 0.3) is 0 Å². The van der Waals surface area contributed by atoms with Crippen molar-refractivity contribution in [3.05, 3.63) is 0 Å². The lowest BCUT2D eigenvalue weighted by Crippen LogP contribution is -2.62. The summed E-state index contributed by atoms with van der Waals surface area (Å²) in [5.74, 6) is 1.77. The third kappa shape index (κ3) is 2.53. The number of hydrogen-bond acceptors (Lipinski definition) is 4. The Morgan fingerprint density at radius 3 is 2.58 bits per heavy atom. The highest BCUT2D eigenvalue weighted by atomic mass is 16.5. The molecular formula is C21H31NO4. The molecule has 6 atom stereocenters. The molecule has 4 fully saturated rings. The van der Waals surface area contributed by atoms with Crippen LogP contribution in [-0.2, 0) is 19.1 Å². The van der Waals surface area contributed by atoms with Crippen molar-refractivity contribution in [3.8, 4) is 0 Å². The largest absolute Gasteiger partial charge is 0.462 e. The number of hydrogen-bond donors (Lipinski definition) is 0. The van der Waals surface area contributed by atoms with Gasteiger partial charge in [0.2, 0.25) is 5.91 Å². The van der Waals surface area contributed by atoms with E-state index in [0.29, 0.717) is 30.0 Å². The zero-order valence-corrected chi connectivity index (χ0v) is 16.3. The van der Waals surface area contributed by atoms with Crippen LogP contribution < -0.4 is 0 Å². The minimum atomic E-state index is -0.302. The van der Waals surface area contributed by atoms with E-state index in [1.807, 2.05) is 0 Å². The Balaban J connectivity index is 1.61. The zero-order chi connectivity index (χ0) is 18.7. The first-order valence-corrected chi connectivity index (χ1v) is 10.3. The van der Waals surface area contributed by atoms with E-state index >= 15 is 0 Å². The molecule has 4 rings (SSSR count). The molecule has 1 amide bonds. The predicted octanol–water partition coefficient (Wildman–Crippen LogP) is 3.10. The van der Waals surface area contributed by atoms with Gasteiger partial charge in [0.05, 0.1) is 6.42 Å². The van der Waals surface area contributed by atoms with E-state index in [4.69, 9.17) is 4.74 Å². The van der Waals surface area contributed by atoms with Crippen LogP contribution in [0.1, 0.15) is 72.1 Å². The van der Waals surface area contributed by atoms with Crippen LogP contribution in [0.3, 0.4) is 0 Å². The molecule has 2 saturated carbocycles. The van der Waals surface area contributed by atoms with E-state index in [-0.39, 0.29) is 28.9 Å². The van der Waals surface area contributed by atoms with Gasteiger partial charge in [-0.3, -0.25) is 14.4 Å². The van der Waals surface area contributed by atoms with E-state index in [2.05, 4.69) is 18.7 Å². The number of amides is 1. The van der Waals surface area contributed by atoms with Gasteiger partial charge >= 0.3 is 5.97 Å². The highest BCUT2D eigenvalue weighted by molar-refractivity contribution is 5.87. The van der Waals surface area contributed by atoms with Gasteiger partial charge in [-0.15, -0.1) is 0 Å². The quantitative estimate of drug-likeness (QED) is 0.673. The van der Waals surface area contributed by atoms with E-state index in [1.165, 1.54) is 6.92 Å². The summed E-state index contributed by atoms with van der Waals surface area (Å²) in [6.07, 6.45) is 6.42. The second kappa shape index (κ2) is 6.07. The first-order valence-electron chi connectivity index (χ1n) is 10.3. The van der Waals surface area contributed by atoms with Crippen LogP contribution in [0, 0.1) is 23.2 Å². The van der Waals surface area contributed by atoms with Gasteiger partial charge < -0.3 is 9.64 Å². The molecule has 0 aromatic rings. The Hall–Kier alpha value is -1.39.